The highest BCUT2D eigenvalue weighted by atomic mass is 35.5. The zero-order valence-electron chi connectivity index (χ0n) is 12.4. The lowest BCUT2D eigenvalue weighted by atomic mass is 9.91. The van der Waals surface area contributed by atoms with Gasteiger partial charge >= 0.3 is 0 Å². The molecule has 0 saturated carbocycles. The first-order chi connectivity index (χ1) is 9.42. The Bertz CT molecular complexity index is 446. The number of hydrogen-bond donors (Lipinski definition) is 0. The lowest BCUT2D eigenvalue weighted by molar-refractivity contribution is -0.114. The van der Waals surface area contributed by atoms with Crippen LogP contribution in [-0.2, 0) is 14.3 Å². The minimum absolute atomic E-state index is 0.168. The fraction of sp³-hybridized carbons (Fsp3) is 0.643. The molecule has 1 aliphatic heterocycles. The van der Waals surface area contributed by atoms with E-state index in [0.29, 0.717) is 18.7 Å². The van der Waals surface area contributed by atoms with Crippen LogP contribution >= 0.6 is 11.6 Å². The molecule has 6 heteroatoms. The molecule has 0 radical (unpaired) electrons. The largest absolute Gasteiger partial charge is 0.483 e. The molecule has 1 rings (SSSR count). The minimum Gasteiger partial charge on any atom is -0.483 e. The fourth-order valence-corrected chi connectivity index (χ4v) is 2.33. The van der Waals surface area contributed by atoms with Crippen molar-refractivity contribution in [2.45, 2.75) is 38.3 Å². The van der Waals surface area contributed by atoms with Gasteiger partial charge in [-0.1, -0.05) is 19.9 Å². The van der Waals surface area contributed by atoms with E-state index in [1.54, 1.807) is 6.08 Å². The number of aliphatic imine (C=N–C) groups is 2. The van der Waals surface area contributed by atoms with E-state index in [1.807, 2.05) is 13.8 Å². The normalized spacial score (nSPS) is 25.8. The third kappa shape index (κ3) is 3.03. The van der Waals surface area contributed by atoms with Crippen LogP contribution in [0.1, 0.15) is 26.7 Å². The Morgan fingerprint density at radius 1 is 1.50 bits per heavy atom. The van der Waals surface area contributed by atoms with Gasteiger partial charge in [-0.3, -0.25) is 4.79 Å². The first-order valence-corrected chi connectivity index (χ1v) is 6.87. The summed E-state index contributed by atoms with van der Waals surface area (Å²) in [6, 6.07) is -0.275. The van der Waals surface area contributed by atoms with Gasteiger partial charge in [-0.2, -0.15) is 0 Å². The number of methoxy groups -OCH3 is 2. The van der Waals surface area contributed by atoms with E-state index in [9.17, 15) is 4.79 Å². The molecule has 0 aromatic heterocycles. The van der Waals surface area contributed by atoms with Crippen molar-refractivity contribution in [3.63, 3.8) is 0 Å². The molecule has 112 valence electrons. The Hall–Kier alpha value is -1.36. The summed E-state index contributed by atoms with van der Waals surface area (Å²) >= 11 is 5.78. The molecule has 0 amide bonds. The van der Waals surface area contributed by atoms with Crippen LogP contribution in [0.5, 0.6) is 0 Å². The Morgan fingerprint density at radius 3 is 2.55 bits per heavy atom. The maximum absolute atomic E-state index is 11.9. The molecular weight excluding hydrogens is 280 g/mol. The Morgan fingerprint density at radius 2 is 2.15 bits per heavy atom. The first kappa shape index (κ1) is 16.7. The fourth-order valence-electron chi connectivity index (χ4n) is 2.11. The molecule has 0 aromatic carbocycles. The molecule has 20 heavy (non-hydrogen) atoms. The molecule has 0 spiro atoms. The second kappa shape index (κ2) is 6.88. The third-order valence-electron chi connectivity index (χ3n) is 3.23. The van der Waals surface area contributed by atoms with E-state index in [0.717, 1.165) is 0 Å². The molecule has 0 aliphatic carbocycles. The molecule has 1 heterocycles. The van der Waals surface area contributed by atoms with Gasteiger partial charge in [0.15, 0.2) is 0 Å². The van der Waals surface area contributed by atoms with Gasteiger partial charge in [-0.25, -0.2) is 9.98 Å². The number of ether oxygens (including phenoxy) is 2. The minimum atomic E-state index is -1.32. The second-order valence-corrected chi connectivity index (χ2v) is 5.29. The van der Waals surface area contributed by atoms with Gasteiger partial charge in [-0.15, -0.1) is 6.58 Å². The van der Waals surface area contributed by atoms with Crippen LogP contribution in [0.4, 0.5) is 0 Å². The summed E-state index contributed by atoms with van der Waals surface area (Å²) in [7, 11) is 2.98. The topological polar surface area (TPSA) is 60.2 Å². The average Bonchev–Trinajstić information content (AvgIpc) is 2.43. The van der Waals surface area contributed by atoms with Crippen molar-refractivity contribution in [1.82, 2.24) is 0 Å². The SMILES string of the molecule is C=CCC[C@@]1(C(=O)Cl)N=C(OC)[C@@H](C(C)C)N=C1OC. The van der Waals surface area contributed by atoms with Crippen molar-refractivity contribution in [3.05, 3.63) is 12.7 Å². The summed E-state index contributed by atoms with van der Waals surface area (Å²) in [6.45, 7) is 7.64. The van der Waals surface area contributed by atoms with E-state index in [-0.39, 0.29) is 17.9 Å². The van der Waals surface area contributed by atoms with Crippen LogP contribution in [0.15, 0.2) is 22.6 Å². The van der Waals surface area contributed by atoms with E-state index in [2.05, 4.69) is 16.6 Å². The predicted octanol–water partition coefficient (Wildman–Crippen LogP) is 2.58. The maximum Gasteiger partial charge on any atom is 0.259 e. The molecule has 0 bridgehead atoms. The number of carbonyl (C=O) groups excluding carboxylic acids is 1. The van der Waals surface area contributed by atoms with Crippen LogP contribution in [0, 0.1) is 5.92 Å². The summed E-state index contributed by atoms with van der Waals surface area (Å²) < 4.78 is 10.6. The number of hydrogen-bond acceptors (Lipinski definition) is 5. The van der Waals surface area contributed by atoms with E-state index < -0.39 is 10.8 Å². The maximum atomic E-state index is 11.9. The van der Waals surface area contributed by atoms with Crippen LogP contribution < -0.4 is 0 Å². The molecular formula is C14H21ClN2O3. The molecule has 0 N–H and O–H groups in total. The number of nitrogens with zero attached hydrogens (tertiary/aromatic N) is 2. The van der Waals surface area contributed by atoms with Crippen molar-refractivity contribution in [3.8, 4) is 0 Å². The smallest absolute Gasteiger partial charge is 0.259 e. The number of rotatable bonds is 5. The molecule has 0 unspecified atom stereocenters. The summed E-state index contributed by atoms with van der Waals surface area (Å²) in [5.74, 6) is 0.805. The second-order valence-electron chi connectivity index (χ2n) is 4.94. The monoisotopic (exact) mass is 300 g/mol. The van der Waals surface area contributed by atoms with Crippen molar-refractivity contribution in [1.29, 1.82) is 0 Å². The van der Waals surface area contributed by atoms with Crippen LogP contribution in [0.3, 0.4) is 0 Å². The van der Waals surface area contributed by atoms with Crippen molar-refractivity contribution >= 4 is 28.6 Å². The van der Waals surface area contributed by atoms with E-state index in [4.69, 9.17) is 21.1 Å². The Balaban J connectivity index is 3.33. The van der Waals surface area contributed by atoms with Crippen LogP contribution in [0.2, 0.25) is 0 Å². The highest BCUT2D eigenvalue weighted by Crippen LogP contribution is 2.31. The van der Waals surface area contributed by atoms with Gasteiger partial charge in [0, 0.05) is 0 Å². The van der Waals surface area contributed by atoms with E-state index in [1.165, 1.54) is 14.2 Å². The lowest BCUT2D eigenvalue weighted by Gasteiger charge is -2.33. The standard InChI is InChI=1S/C14H21ClN2O3/c1-6-7-8-14(12(15)18)13(20-5)16-10(9(2)3)11(17-14)19-4/h6,9-10H,1,7-8H2,2-5H3/t10-,14+/m1/s1. The number of carbonyl (C=O) groups is 1. The third-order valence-corrected chi connectivity index (χ3v) is 3.55. The zero-order chi connectivity index (χ0) is 15.3. The quantitative estimate of drug-likeness (QED) is 0.579. The molecule has 0 saturated heterocycles. The molecule has 0 aromatic rings. The number of allylic oxidation sites excluding steroid dienone is 1. The van der Waals surface area contributed by atoms with Crippen molar-refractivity contribution < 1.29 is 14.3 Å². The molecule has 2 atom stereocenters. The van der Waals surface area contributed by atoms with Gasteiger partial charge in [0.25, 0.3) is 5.24 Å². The highest BCUT2D eigenvalue weighted by molar-refractivity contribution is 6.68. The molecule has 1 aliphatic rings. The summed E-state index contributed by atoms with van der Waals surface area (Å²) in [4.78, 5) is 20.9. The van der Waals surface area contributed by atoms with E-state index >= 15 is 0 Å². The van der Waals surface area contributed by atoms with Gasteiger partial charge < -0.3 is 9.47 Å². The lowest BCUT2D eigenvalue weighted by Crippen LogP contribution is -2.50. The van der Waals surface area contributed by atoms with Crippen LogP contribution in [-0.4, -0.2) is 42.8 Å². The van der Waals surface area contributed by atoms with Gasteiger partial charge in [0.05, 0.1) is 14.2 Å². The molecule has 5 nitrogen and oxygen atoms in total. The number of halogens is 1. The van der Waals surface area contributed by atoms with Crippen molar-refractivity contribution in [2.75, 3.05) is 14.2 Å². The predicted molar refractivity (Wildman–Crippen MR) is 80.5 cm³/mol. The van der Waals surface area contributed by atoms with Crippen LogP contribution in [0.25, 0.3) is 0 Å². The Labute approximate surface area is 124 Å². The summed E-state index contributed by atoms with van der Waals surface area (Å²) in [6.07, 6.45) is 2.61. The van der Waals surface area contributed by atoms with Crippen molar-refractivity contribution in [2.24, 2.45) is 15.9 Å². The van der Waals surface area contributed by atoms with Gasteiger partial charge in [0.2, 0.25) is 17.3 Å². The molecule has 0 fully saturated rings. The average molecular weight is 301 g/mol. The highest BCUT2D eigenvalue weighted by Gasteiger charge is 2.48. The summed E-state index contributed by atoms with van der Waals surface area (Å²) in [5, 5.41) is -0.628. The van der Waals surface area contributed by atoms with Gasteiger partial charge in [0.1, 0.15) is 6.04 Å². The first-order valence-electron chi connectivity index (χ1n) is 6.49. The summed E-state index contributed by atoms with van der Waals surface area (Å²) in [5.41, 5.74) is -1.32. The van der Waals surface area contributed by atoms with Gasteiger partial charge in [-0.05, 0) is 30.4 Å². The zero-order valence-corrected chi connectivity index (χ0v) is 13.1. The Kier molecular flexibility index (Phi) is 5.74.